The Hall–Kier alpha value is -0.0800. The minimum Gasteiger partial charge on any atom is -0.314 e. The van der Waals surface area contributed by atoms with Crippen LogP contribution in [0, 0.1) is 0 Å². The Balaban J connectivity index is 2.28. The highest BCUT2D eigenvalue weighted by Crippen LogP contribution is 2.22. The van der Waals surface area contributed by atoms with E-state index >= 15 is 0 Å². The predicted molar refractivity (Wildman–Crippen MR) is 67.2 cm³/mol. The number of nitrogens with zero attached hydrogens (tertiary/aromatic N) is 1. The van der Waals surface area contributed by atoms with Gasteiger partial charge in [0.2, 0.25) is 0 Å². The molecule has 2 heteroatoms. The number of hydrogen-bond donors (Lipinski definition) is 1. The molecule has 0 aromatic carbocycles. The van der Waals surface area contributed by atoms with Crippen molar-refractivity contribution in [1.82, 2.24) is 10.2 Å². The lowest BCUT2D eigenvalue weighted by Crippen LogP contribution is -2.45. The molecule has 1 saturated heterocycles. The van der Waals surface area contributed by atoms with E-state index in [0.29, 0.717) is 6.04 Å². The smallest absolute Gasteiger partial charge is 0.00697 e. The third kappa shape index (κ3) is 4.12. The first-order valence-corrected chi connectivity index (χ1v) is 6.64. The van der Waals surface area contributed by atoms with Crippen molar-refractivity contribution in [3.63, 3.8) is 0 Å². The summed E-state index contributed by atoms with van der Waals surface area (Å²) in [4.78, 5) is 2.69. The van der Waals surface area contributed by atoms with Gasteiger partial charge in [0.25, 0.3) is 0 Å². The van der Waals surface area contributed by atoms with Crippen molar-refractivity contribution in [3.05, 3.63) is 0 Å². The minimum absolute atomic E-state index is 0.663. The second-order valence-corrected chi connectivity index (χ2v) is 5.11. The molecular formula is C13H28N2. The highest BCUT2D eigenvalue weighted by Gasteiger charge is 2.24. The third-order valence-corrected chi connectivity index (χ3v) is 3.75. The molecule has 1 aliphatic rings. The molecule has 0 aliphatic carbocycles. The van der Waals surface area contributed by atoms with Crippen LogP contribution in [0.3, 0.4) is 0 Å². The van der Waals surface area contributed by atoms with Crippen LogP contribution < -0.4 is 5.32 Å². The molecule has 1 N–H and O–H groups in total. The first-order valence-electron chi connectivity index (χ1n) is 6.64. The molecule has 15 heavy (non-hydrogen) atoms. The summed E-state index contributed by atoms with van der Waals surface area (Å²) < 4.78 is 0. The zero-order valence-electron chi connectivity index (χ0n) is 10.9. The number of hydrogen-bond acceptors (Lipinski definition) is 2. The third-order valence-electron chi connectivity index (χ3n) is 3.75. The monoisotopic (exact) mass is 212 g/mol. The van der Waals surface area contributed by atoms with Gasteiger partial charge < -0.3 is 5.32 Å². The molecule has 0 amide bonds. The van der Waals surface area contributed by atoms with Crippen LogP contribution in [0.5, 0.6) is 0 Å². The fourth-order valence-electron chi connectivity index (χ4n) is 2.71. The quantitative estimate of drug-likeness (QED) is 0.753. The molecule has 1 unspecified atom stereocenters. The van der Waals surface area contributed by atoms with Crippen molar-refractivity contribution in [2.45, 2.75) is 71.5 Å². The molecule has 0 aromatic rings. The highest BCUT2D eigenvalue weighted by atomic mass is 15.2. The van der Waals surface area contributed by atoms with E-state index in [9.17, 15) is 0 Å². The van der Waals surface area contributed by atoms with Crippen molar-refractivity contribution >= 4 is 0 Å². The Labute approximate surface area is 95.4 Å². The van der Waals surface area contributed by atoms with E-state index in [4.69, 9.17) is 0 Å². The lowest BCUT2D eigenvalue weighted by molar-refractivity contribution is 0.0989. The predicted octanol–water partition coefficient (Wildman–Crippen LogP) is 2.64. The van der Waals surface area contributed by atoms with E-state index < -0.39 is 0 Å². The SMILES string of the molecule is CCNC(C)CCN1[C@H](C)CCC[C@@H]1C. The number of rotatable bonds is 5. The summed E-state index contributed by atoms with van der Waals surface area (Å²) in [5.74, 6) is 0. The zero-order chi connectivity index (χ0) is 11.3. The first-order chi connectivity index (χ1) is 7.15. The second kappa shape index (κ2) is 6.49. The molecule has 1 heterocycles. The molecule has 2 nitrogen and oxygen atoms in total. The summed E-state index contributed by atoms with van der Waals surface area (Å²) in [5, 5.41) is 3.49. The van der Waals surface area contributed by atoms with E-state index in [2.05, 4.69) is 37.9 Å². The summed E-state index contributed by atoms with van der Waals surface area (Å²) in [7, 11) is 0. The Kier molecular flexibility index (Phi) is 5.62. The molecule has 1 aliphatic heterocycles. The Morgan fingerprint density at radius 1 is 1.27 bits per heavy atom. The van der Waals surface area contributed by atoms with Crippen LogP contribution in [-0.4, -0.2) is 36.1 Å². The van der Waals surface area contributed by atoms with Crippen molar-refractivity contribution in [1.29, 1.82) is 0 Å². The van der Waals surface area contributed by atoms with Gasteiger partial charge >= 0.3 is 0 Å². The normalized spacial score (nSPS) is 30.4. The van der Waals surface area contributed by atoms with Crippen LogP contribution in [0.15, 0.2) is 0 Å². The molecule has 0 spiro atoms. The second-order valence-electron chi connectivity index (χ2n) is 5.11. The molecule has 90 valence electrons. The van der Waals surface area contributed by atoms with Gasteiger partial charge in [-0.1, -0.05) is 13.3 Å². The first kappa shape index (κ1) is 13.0. The standard InChI is InChI=1S/C13H28N2/c1-5-14-11(2)9-10-15-12(3)7-6-8-13(15)4/h11-14H,5-10H2,1-4H3/t11?,12-,13+. The largest absolute Gasteiger partial charge is 0.314 e. The van der Waals surface area contributed by atoms with Gasteiger partial charge in [-0.3, -0.25) is 4.90 Å². The maximum absolute atomic E-state index is 3.49. The lowest BCUT2D eigenvalue weighted by Gasteiger charge is -2.39. The van der Waals surface area contributed by atoms with E-state index in [-0.39, 0.29) is 0 Å². The van der Waals surface area contributed by atoms with Crippen LogP contribution in [0.4, 0.5) is 0 Å². The minimum atomic E-state index is 0.663. The summed E-state index contributed by atoms with van der Waals surface area (Å²) in [5.41, 5.74) is 0. The van der Waals surface area contributed by atoms with Crippen molar-refractivity contribution in [2.75, 3.05) is 13.1 Å². The fourth-order valence-corrected chi connectivity index (χ4v) is 2.71. The van der Waals surface area contributed by atoms with Gasteiger partial charge in [-0.25, -0.2) is 0 Å². The Morgan fingerprint density at radius 3 is 2.40 bits per heavy atom. The van der Waals surface area contributed by atoms with Crippen LogP contribution in [-0.2, 0) is 0 Å². The van der Waals surface area contributed by atoms with Gasteiger partial charge in [-0.2, -0.15) is 0 Å². The van der Waals surface area contributed by atoms with Gasteiger partial charge in [-0.05, 0) is 46.6 Å². The van der Waals surface area contributed by atoms with Crippen molar-refractivity contribution < 1.29 is 0 Å². The summed E-state index contributed by atoms with van der Waals surface area (Å²) in [6.07, 6.45) is 5.48. The number of likely N-dealkylation sites (tertiary alicyclic amines) is 1. The van der Waals surface area contributed by atoms with Crippen molar-refractivity contribution in [2.24, 2.45) is 0 Å². The molecule has 0 aromatic heterocycles. The van der Waals surface area contributed by atoms with Gasteiger partial charge in [0.15, 0.2) is 0 Å². The van der Waals surface area contributed by atoms with Gasteiger partial charge in [0.1, 0.15) is 0 Å². The molecule has 1 rings (SSSR count). The maximum atomic E-state index is 3.49. The zero-order valence-corrected chi connectivity index (χ0v) is 10.9. The fraction of sp³-hybridized carbons (Fsp3) is 1.00. The van der Waals surface area contributed by atoms with Crippen molar-refractivity contribution in [3.8, 4) is 0 Å². The average Bonchev–Trinajstić information content (AvgIpc) is 2.17. The molecule has 0 saturated carbocycles. The maximum Gasteiger partial charge on any atom is 0.00697 e. The number of piperidine rings is 1. The molecular weight excluding hydrogens is 184 g/mol. The molecule has 0 bridgehead atoms. The average molecular weight is 212 g/mol. The van der Waals surface area contributed by atoms with E-state index in [0.717, 1.165) is 18.6 Å². The Morgan fingerprint density at radius 2 is 1.87 bits per heavy atom. The van der Waals surface area contributed by atoms with E-state index in [1.54, 1.807) is 0 Å². The van der Waals surface area contributed by atoms with Crippen LogP contribution in [0.2, 0.25) is 0 Å². The molecule has 3 atom stereocenters. The topological polar surface area (TPSA) is 15.3 Å². The van der Waals surface area contributed by atoms with E-state index in [1.165, 1.54) is 32.2 Å². The van der Waals surface area contributed by atoms with Crippen LogP contribution in [0.25, 0.3) is 0 Å². The van der Waals surface area contributed by atoms with Crippen LogP contribution >= 0.6 is 0 Å². The van der Waals surface area contributed by atoms with Gasteiger partial charge in [0, 0.05) is 24.7 Å². The van der Waals surface area contributed by atoms with Gasteiger partial charge in [0.05, 0.1) is 0 Å². The summed E-state index contributed by atoms with van der Waals surface area (Å²) in [6, 6.07) is 2.25. The van der Waals surface area contributed by atoms with Crippen LogP contribution in [0.1, 0.15) is 53.4 Å². The summed E-state index contributed by atoms with van der Waals surface area (Å²) >= 11 is 0. The Bertz CT molecular complexity index is 160. The van der Waals surface area contributed by atoms with E-state index in [1.807, 2.05) is 0 Å². The molecule has 0 radical (unpaired) electrons. The summed E-state index contributed by atoms with van der Waals surface area (Å²) in [6.45, 7) is 11.6. The van der Waals surface area contributed by atoms with Gasteiger partial charge in [-0.15, -0.1) is 0 Å². The highest BCUT2D eigenvalue weighted by molar-refractivity contribution is 4.80. The lowest BCUT2D eigenvalue weighted by atomic mass is 9.97. The molecule has 1 fully saturated rings. The number of nitrogens with one attached hydrogen (secondary N) is 1.